The van der Waals surface area contributed by atoms with Crippen LogP contribution in [0, 0.1) is 17.7 Å². The van der Waals surface area contributed by atoms with Gasteiger partial charge in [-0.05, 0) is 73.4 Å². The molecule has 0 aromatic heterocycles. The molecule has 1 unspecified atom stereocenters. The molecule has 8 nitrogen and oxygen atoms in total. The van der Waals surface area contributed by atoms with Gasteiger partial charge in [0.1, 0.15) is 11.9 Å². The van der Waals surface area contributed by atoms with Crippen LogP contribution in [0.3, 0.4) is 0 Å². The number of amides is 3. The second-order valence-corrected chi connectivity index (χ2v) is 9.26. The number of nitrogens with one attached hydrogen (secondary N) is 2. The molecule has 2 aromatic carbocycles. The first-order valence-electron chi connectivity index (χ1n) is 11.9. The number of nitrogens with zero attached hydrogens (tertiary/aromatic N) is 1. The molecule has 2 aromatic rings. The fourth-order valence-electron chi connectivity index (χ4n) is 4.76. The number of aliphatic carboxylic acids is 1. The zero-order chi connectivity index (χ0) is 24.9. The van der Waals surface area contributed by atoms with E-state index in [4.69, 9.17) is 4.74 Å². The molecule has 1 aliphatic heterocycles. The average molecular weight is 484 g/mol. The molecule has 0 saturated heterocycles. The predicted molar refractivity (Wildman–Crippen MR) is 129 cm³/mol. The van der Waals surface area contributed by atoms with Crippen molar-refractivity contribution < 1.29 is 28.6 Å². The number of ether oxygens (including phenoxy) is 1. The number of anilines is 2. The number of hydrogen-bond donors (Lipinski definition) is 3. The van der Waals surface area contributed by atoms with E-state index >= 15 is 0 Å². The van der Waals surface area contributed by atoms with E-state index in [0.29, 0.717) is 38.0 Å². The van der Waals surface area contributed by atoms with Crippen molar-refractivity contribution in [3.8, 4) is 0 Å². The summed E-state index contributed by atoms with van der Waals surface area (Å²) in [4.78, 5) is 37.8. The lowest BCUT2D eigenvalue weighted by atomic mass is 9.80. The van der Waals surface area contributed by atoms with Gasteiger partial charge in [0, 0.05) is 18.8 Å². The molecule has 1 aliphatic carbocycles. The smallest absolute Gasteiger partial charge is 0.410 e. The third-order valence-corrected chi connectivity index (χ3v) is 6.94. The second-order valence-electron chi connectivity index (χ2n) is 9.26. The van der Waals surface area contributed by atoms with Crippen LogP contribution in [0.2, 0.25) is 0 Å². The Labute approximate surface area is 203 Å². The van der Waals surface area contributed by atoms with Crippen molar-refractivity contribution in [2.75, 3.05) is 17.2 Å². The number of rotatable bonds is 5. The zero-order valence-electron chi connectivity index (χ0n) is 19.6. The Bertz CT molecular complexity index is 1100. The summed E-state index contributed by atoms with van der Waals surface area (Å²) in [5.74, 6) is -1.54. The molecule has 4 rings (SSSR count). The minimum Gasteiger partial charge on any atom is -0.481 e. The van der Waals surface area contributed by atoms with Crippen molar-refractivity contribution in [3.05, 3.63) is 59.4 Å². The highest BCUT2D eigenvalue weighted by molar-refractivity contribution is 5.99. The third-order valence-electron chi connectivity index (χ3n) is 6.94. The molecule has 1 heterocycles. The normalized spacial score (nSPS) is 20.3. The molecule has 2 aliphatic rings. The number of halogens is 1. The number of carboxylic acid groups (broad SMARTS) is 1. The quantitative estimate of drug-likeness (QED) is 0.539. The van der Waals surface area contributed by atoms with Crippen LogP contribution in [0.25, 0.3) is 0 Å². The van der Waals surface area contributed by atoms with Gasteiger partial charge in [-0.25, -0.2) is 14.0 Å². The van der Waals surface area contributed by atoms with E-state index in [0.717, 1.165) is 24.0 Å². The second kappa shape index (κ2) is 10.8. The summed E-state index contributed by atoms with van der Waals surface area (Å²) in [6.07, 6.45) is 2.95. The number of fused-ring (bicyclic) bond motifs is 1. The Morgan fingerprint density at radius 2 is 1.80 bits per heavy atom. The molecule has 3 amide bonds. The summed E-state index contributed by atoms with van der Waals surface area (Å²) in [6, 6.07) is 10.9. The van der Waals surface area contributed by atoms with Gasteiger partial charge in [0.2, 0.25) is 0 Å². The Morgan fingerprint density at radius 1 is 1.06 bits per heavy atom. The van der Waals surface area contributed by atoms with Gasteiger partial charge in [0.15, 0.2) is 0 Å². The Kier molecular flexibility index (Phi) is 7.53. The van der Waals surface area contributed by atoms with Crippen LogP contribution in [0.4, 0.5) is 25.4 Å². The third kappa shape index (κ3) is 6.09. The topological polar surface area (TPSA) is 108 Å². The summed E-state index contributed by atoms with van der Waals surface area (Å²) < 4.78 is 19.5. The summed E-state index contributed by atoms with van der Waals surface area (Å²) in [6.45, 7) is 2.66. The van der Waals surface area contributed by atoms with Gasteiger partial charge in [-0.2, -0.15) is 0 Å². The molecule has 1 fully saturated rings. The van der Waals surface area contributed by atoms with Crippen LogP contribution in [0.1, 0.15) is 43.7 Å². The van der Waals surface area contributed by atoms with Gasteiger partial charge in [-0.1, -0.05) is 25.1 Å². The van der Waals surface area contributed by atoms with E-state index in [1.54, 1.807) is 30.0 Å². The maximum Gasteiger partial charge on any atom is 0.410 e. The van der Waals surface area contributed by atoms with E-state index in [1.807, 2.05) is 12.1 Å². The maximum atomic E-state index is 13.7. The molecule has 186 valence electrons. The summed E-state index contributed by atoms with van der Waals surface area (Å²) >= 11 is 0. The lowest BCUT2D eigenvalue weighted by Crippen LogP contribution is -2.39. The van der Waals surface area contributed by atoms with Crippen molar-refractivity contribution >= 4 is 29.5 Å². The van der Waals surface area contributed by atoms with Crippen LogP contribution < -0.4 is 10.6 Å². The van der Waals surface area contributed by atoms with Crippen LogP contribution in [-0.2, 0) is 22.5 Å². The van der Waals surface area contributed by atoms with E-state index in [9.17, 15) is 23.9 Å². The fourth-order valence-corrected chi connectivity index (χ4v) is 4.76. The molecule has 3 N–H and O–H groups in total. The minimum absolute atomic E-state index is 0.0991. The number of para-hydroxylation sites is 1. The first-order chi connectivity index (χ1) is 16.8. The fraction of sp³-hybridized carbons (Fsp3) is 0.423. The molecule has 0 spiro atoms. The average Bonchev–Trinajstić information content (AvgIpc) is 2.85. The van der Waals surface area contributed by atoms with Crippen LogP contribution in [-0.4, -0.2) is 40.7 Å². The first kappa shape index (κ1) is 24.5. The molecule has 0 radical (unpaired) electrons. The molecular weight excluding hydrogens is 453 g/mol. The van der Waals surface area contributed by atoms with E-state index in [-0.39, 0.29) is 29.7 Å². The number of carboxylic acids is 1. The Hall–Kier alpha value is -3.62. The molecule has 1 atom stereocenters. The molecule has 1 saturated carbocycles. The van der Waals surface area contributed by atoms with E-state index < -0.39 is 17.8 Å². The monoisotopic (exact) mass is 483 g/mol. The number of benzene rings is 2. The number of carbonyl (C=O) groups excluding carboxylic acids is 2. The first-order valence-corrected chi connectivity index (χ1v) is 11.9. The van der Waals surface area contributed by atoms with Gasteiger partial charge in [-0.3, -0.25) is 4.79 Å². The molecule has 35 heavy (non-hydrogen) atoms. The summed E-state index contributed by atoms with van der Waals surface area (Å²) in [5.41, 5.74) is 2.69. The number of urea groups is 1. The minimum atomic E-state index is -0.776. The van der Waals surface area contributed by atoms with Crippen molar-refractivity contribution in [2.24, 2.45) is 11.8 Å². The van der Waals surface area contributed by atoms with Crippen LogP contribution in [0.15, 0.2) is 42.5 Å². The summed E-state index contributed by atoms with van der Waals surface area (Å²) in [5, 5.41) is 14.4. The SMILES string of the molecule is CC(C(=O)O)C1CCC(OC(=O)N2CCc3cc(NC(=O)Nc4ccccc4F)ccc3C2)CC1. The largest absolute Gasteiger partial charge is 0.481 e. The lowest BCUT2D eigenvalue weighted by Gasteiger charge is -2.33. The lowest BCUT2D eigenvalue weighted by molar-refractivity contribution is -0.143. The molecular formula is C26H30FN3O5. The van der Waals surface area contributed by atoms with Crippen LogP contribution in [0.5, 0.6) is 0 Å². The van der Waals surface area contributed by atoms with Crippen LogP contribution >= 0.6 is 0 Å². The van der Waals surface area contributed by atoms with Crippen molar-refractivity contribution in [1.82, 2.24) is 4.90 Å². The highest BCUT2D eigenvalue weighted by atomic mass is 19.1. The van der Waals surface area contributed by atoms with E-state index in [1.165, 1.54) is 12.1 Å². The van der Waals surface area contributed by atoms with Gasteiger partial charge < -0.3 is 25.4 Å². The van der Waals surface area contributed by atoms with Crippen molar-refractivity contribution in [3.63, 3.8) is 0 Å². The summed E-state index contributed by atoms with van der Waals surface area (Å²) in [7, 11) is 0. The Morgan fingerprint density at radius 3 is 2.51 bits per heavy atom. The van der Waals surface area contributed by atoms with Crippen molar-refractivity contribution in [1.29, 1.82) is 0 Å². The number of carbonyl (C=O) groups is 3. The van der Waals surface area contributed by atoms with Gasteiger partial charge in [-0.15, -0.1) is 0 Å². The maximum absolute atomic E-state index is 13.7. The zero-order valence-corrected chi connectivity index (χ0v) is 19.6. The predicted octanol–water partition coefficient (Wildman–Crippen LogP) is 5.24. The van der Waals surface area contributed by atoms with Gasteiger partial charge in [0.25, 0.3) is 0 Å². The van der Waals surface area contributed by atoms with Crippen molar-refractivity contribution in [2.45, 2.75) is 51.7 Å². The molecule has 0 bridgehead atoms. The molecule has 9 heteroatoms. The van der Waals surface area contributed by atoms with Gasteiger partial charge in [0.05, 0.1) is 11.6 Å². The standard InChI is InChI=1S/C26H30FN3O5/c1-16(24(31)32)17-7-10-21(11-8-17)35-26(34)30-13-12-18-14-20(9-6-19(18)15-30)28-25(33)29-23-5-3-2-4-22(23)27/h2-6,9,14,16-17,21H,7-8,10-13,15H2,1H3,(H,31,32)(H2,28,29,33). The number of hydrogen-bond acceptors (Lipinski definition) is 4. The highest BCUT2D eigenvalue weighted by Gasteiger charge is 2.31. The van der Waals surface area contributed by atoms with Gasteiger partial charge >= 0.3 is 18.1 Å². The Balaban J connectivity index is 1.28. The van der Waals surface area contributed by atoms with E-state index in [2.05, 4.69) is 10.6 Å². The highest BCUT2D eigenvalue weighted by Crippen LogP contribution is 2.32.